The van der Waals surface area contributed by atoms with Crippen LogP contribution in [0.15, 0.2) is 24.3 Å². The van der Waals surface area contributed by atoms with Gasteiger partial charge >= 0.3 is 0 Å². The van der Waals surface area contributed by atoms with E-state index < -0.39 is 0 Å². The highest BCUT2D eigenvalue weighted by molar-refractivity contribution is 5.77. The van der Waals surface area contributed by atoms with Crippen LogP contribution < -0.4 is 4.90 Å². The molecule has 3 nitrogen and oxygen atoms in total. The number of anilines is 1. The van der Waals surface area contributed by atoms with Crippen molar-refractivity contribution in [2.24, 2.45) is 0 Å². The molecule has 0 atom stereocenters. The van der Waals surface area contributed by atoms with E-state index in [1.165, 1.54) is 0 Å². The molecule has 1 radical (unpaired) electrons. The SMILES string of the molecule is CN(C)c1n[c]c2ccccc2n1. The summed E-state index contributed by atoms with van der Waals surface area (Å²) in [6.07, 6.45) is 2.95. The highest BCUT2D eigenvalue weighted by Gasteiger charge is 2.00. The highest BCUT2D eigenvalue weighted by Crippen LogP contribution is 2.11. The van der Waals surface area contributed by atoms with Gasteiger partial charge in [-0.25, -0.2) is 9.97 Å². The van der Waals surface area contributed by atoms with E-state index >= 15 is 0 Å². The zero-order chi connectivity index (χ0) is 9.26. The molecule has 1 aromatic carbocycles. The van der Waals surface area contributed by atoms with Gasteiger partial charge in [0, 0.05) is 19.5 Å². The van der Waals surface area contributed by atoms with Crippen LogP contribution in [-0.4, -0.2) is 24.1 Å². The fourth-order valence-electron chi connectivity index (χ4n) is 1.11. The van der Waals surface area contributed by atoms with Crippen LogP contribution in [0.3, 0.4) is 0 Å². The smallest absolute Gasteiger partial charge is 0.226 e. The van der Waals surface area contributed by atoms with E-state index in [9.17, 15) is 0 Å². The van der Waals surface area contributed by atoms with Gasteiger partial charge in [0.1, 0.15) is 6.20 Å². The van der Waals surface area contributed by atoms with Crippen molar-refractivity contribution in [2.75, 3.05) is 19.0 Å². The van der Waals surface area contributed by atoms with Crippen molar-refractivity contribution in [2.45, 2.75) is 0 Å². The lowest BCUT2D eigenvalue weighted by molar-refractivity contribution is 1.01. The van der Waals surface area contributed by atoms with Crippen LogP contribution in [0.1, 0.15) is 0 Å². The molecular formula is C10H10N3. The lowest BCUT2D eigenvalue weighted by Gasteiger charge is -2.09. The van der Waals surface area contributed by atoms with Crippen LogP contribution in [0.4, 0.5) is 5.95 Å². The summed E-state index contributed by atoms with van der Waals surface area (Å²) in [7, 11) is 3.83. The molecule has 1 heterocycles. The molecule has 1 aromatic heterocycles. The van der Waals surface area contributed by atoms with Crippen molar-refractivity contribution >= 4 is 16.9 Å². The molecule has 65 valence electrons. The summed E-state index contributed by atoms with van der Waals surface area (Å²) in [5.41, 5.74) is 0.932. The summed E-state index contributed by atoms with van der Waals surface area (Å²) in [6.45, 7) is 0. The Balaban J connectivity index is 2.62. The molecule has 2 aromatic rings. The Bertz CT molecular complexity index is 423. The Kier molecular flexibility index (Phi) is 1.85. The number of hydrogen-bond acceptors (Lipinski definition) is 3. The Morgan fingerprint density at radius 2 is 2.00 bits per heavy atom. The fraction of sp³-hybridized carbons (Fsp3) is 0.200. The van der Waals surface area contributed by atoms with Gasteiger partial charge in [0.25, 0.3) is 0 Å². The molecule has 0 aliphatic rings. The van der Waals surface area contributed by atoms with Crippen LogP contribution >= 0.6 is 0 Å². The molecular weight excluding hydrogens is 162 g/mol. The van der Waals surface area contributed by atoms with Crippen LogP contribution in [0.25, 0.3) is 10.9 Å². The molecule has 3 heteroatoms. The van der Waals surface area contributed by atoms with E-state index in [1.54, 1.807) is 0 Å². The molecule has 0 spiro atoms. The first-order chi connectivity index (χ1) is 6.27. The van der Waals surface area contributed by atoms with Crippen LogP contribution in [0.5, 0.6) is 0 Å². The zero-order valence-corrected chi connectivity index (χ0v) is 7.65. The number of para-hydroxylation sites is 1. The van der Waals surface area contributed by atoms with Gasteiger partial charge in [-0.15, -0.1) is 0 Å². The molecule has 0 aliphatic carbocycles. The Hall–Kier alpha value is -1.64. The highest BCUT2D eigenvalue weighted by atomic mass is 15.2. The van der Waals surface area contributed by atoms with Crippen molar-refractivity contribution in [1.29, 1.82) is 0 Å². The van der Waals surface area contributed by atoms with Crippen molar-refractivity contribution < 1.29 is 0 Å². The number of rotatable bonds is 1. The Labute approximate surface area is 77.0 Å². The lowest BCUT2D eigenvalue weighted by Crippen LogP contribution is -2.12. The summed E-state index contributed by atoms with van der Waals surface area (Å²) in [6, 6.07) is 7.83. The lowest BCUT2D eigenvalue weighted by atomic mass is 10.2. The van der Waals surface area contributed by atoms with E-state index in [0.717, 1.165) is 10.9 Å². The molecule has 2 rings (SSSR count). The molecule has 0 bridgehead atoms. The normalized spacial score (nSPS) is 10.3. The number of aromatic nitrogens is 2. The minimum atomic E-state index is 0.693. The molecule has 0 unspecified atom stereocenters. The maximum Gasteiger partial charge on any atom is 0.226 e. The predicted molar refractivity (Wildman–Crippen MR) is 52.7 cm³/mol. The van der Waals surface area contributed by atoms with Gasteiger partial charge in [0.2, 0.25) is 5.95 Å². The first kappa shape index (κ1) is 7.98. The number of hydrogen-bond donors (Lipinski definition) is 0. The van der Waals surface area contributed by atoms with Crippen LogP contribution in [0.2, 0.25) is 0 Å². The summed E-state index contributed by atoms with van der Waals surface area (Å²) < 4.78 is 0. The second-order valence-electron chi connectivity index (χ2n) is 3.05. The molecule has 0 saturated heterocycles. The summed E-state index contributed by atoms with van der Waals surface area (Å²) in [5.74, 6) is 0.693. The van der Waals surface area contributed by atoms with Crippen molar-refractivity contribution in [3.05, 3.63) is 30.5 Å². The monoisotopic (exact) mass is 172 g/mol. The van der Waals surface area contributed by atoms with E-state index in [-0.39, 0.29) is 0 Å². The maximum atomic E-state index is 4.36. The Morgan fingerprint density at radius 3 is 2.77 bits per heavy atom. The Morgan fingerprint density at radius 1 is 1.23 bits per heavy atom. The van der Waals surface area contributed by atoms with Gasteiger partial charge in [-0.3, -0.25) is 0 Å². The quantitative estimate of drug-likeness (QED) is 0.652. The second-order valence-corrected chi connectivity index (χ2v) is 3.05. The van der Waals surface area contributed by atoms with Gasteiger partial charge < -0.3 is 4.90 Å². The zero-order valence-electron chi connectivity index (χ0n) is 7.65. The van der Waals surface area contributed by atoms with Crippen LogP contribution in [0, 0.1) is 6.20 Å². The molecule has 13 heavy (non-hydrogen) atoms. The van der Waals surface area contributed by atoms with Gasteiger partial charge in [-0.05, 0) is 6.07 Å². The van der Waals surface area contributed by atoms with Crippen LogP contribution in [-0.2, 0) is 0 Å². The number of benzene rings is 1. The molecule has 0 aliphatic heterocycles. The van der Waals surface area contributed by atoms with Gasteiger partial charge in [0.05, 0.1) is 5.52 Å². The largest absolute Gasteiger partial charge is 0.347 e. The minimum absolute atomic E-state index is 0.693. The maximum absolute atomic E-state index is 4.36. The second kappa shape index (κ2) is 3.01. The van der Waals surface area contributed by atoms with Crippen molar-refractivity contribution in [1.82, 2.24) is 9.97 Å². The van der Waals surface area contributed by atoms with Gasteiger partial charge in [-0.2, -0.15) is 0 Å². The molecule has 0 fully saturated rings. The summed E-state index contributed by atoms with van der Waals surface area (Å²) in [5, 5.41) is 0.952. The first-order valence-electron chi connectivity index (χ1n) is 4.09. The third-order valence-electron chi connectivity index (χ3n) is 1.80. The van der Waals surface area contributed by atoms with E-state index in [4.69, 9.17) is 0 Å². The van der Waals surface area contributed by atoms with E-state index in [1.807, 2.05) is 43.3 Å². The van der Waals surface area contributed by atoms with Crippen molar-refractivity contribution in [3.8, 4) is 0 Å². The summed E-state index contributed by atoms with van der Waals surface area (Å²) >= 11 is 0. The average molecular weight is 172 g/mol. The van der Waals surface area contributed by atoms with Crippen molar-refractivity contribution in [3.63, 3.8) is 0 Å². The third-order valence-corrected chi connectivity index (χ3v) is 1.80. The van der Waals surface area contributed by atoms with E-state index in [0.29, 0.717) is 5.95 Å². The topological polar surface area (TPSA) is 29.0 Å². The molecule has 0 amide bonds. The fourth-order valence-corrected chi connectivity index (χ4v) is 1.11. The molecule has 0 N–H and O–H groups in total. The third kappa shape index (κ3) is 1.45. The number of fused-ring (bicyclic) bond motifs is 1. The minimum Gasteiger partial charge on any atom is -0.347 e. The number of nitrogens with zero attached hydrogens (tertiary/aromatic N) is 3. The predicted octanol–water partition coefficient (Wildman–Crippen LogP) is 1.50. The standard InChI is InChI=1S/C10H10N3/c1-13(2)10-11-7-8-5-3-4-6-9(8)12-10/h3-6H,1-2H3. The van der Waals surface area contributed by atoms with Gasteiger partial charge in [-0.1, -0.05) is 18.2 Å². The average Bonchev–Trinajstić information content (AvgIpc) is 2.17. The van der Waals surface area contributed by atoms with Gasteiger partial charge in [0.15, 0.2) is 0 Å². The summed E-state index contributed by atoms with van der Waals surface area (Å²) in [4.78, 5) is 10.3. The van der Waals surface area contributed by atoms with E-state index in [2.05, 4.69) is 16.2 Å². The molecule has 0 saturated carbocycles. The first-order valence-corrected chi connectivity index (χ1v) is 4.09.